The van der Waals surface area contributed by atoms with Crippen molar-refractivity contribution < 1.29 is 8.78 Å². The minimum Gasteiger partial charge on any atom is -0.396 e. The fourth-order valence-corrected chi connectivity index (χ4v) is 1.09. The molecule has 0 amide bonds. The Morgan fingerprint density at radius 2 is 2.15 bits per heavy atom. The molecule has 5 heteroatoms. The van der Waals surface area contributed by atoms with Gasteiger partial charge in [-0.3, -0.25) is 4.68 Å². The second kappa shape index (κ2) is 3.72. The predicted molar refractivity (Wildman–Crippen MR) is 46.4 cm³/mol. The number of hydrogen-bond donors (Lipinski definition) is 1. The van der Waals surface area contributed by atoms with E-state index in [1.807, 2.05) is 13.8 Å². The minimum atomic E-state index is -2.59. The topological polar surface area (TPSA) is 43.8 Å². The number of rotatable bonds is 3. The van der Waals surface area contributed by atoms with Crippen molar-refractivity contribution in [3.63, 3.8) is 0 Å². The van der Waals surface area contributed by atoms with E-state index in [4.69, 9.17) is 5.73 Å². The molecule has 0 spiro atoms. The van der Waals surface area contributed by atoms with Gasteiger partial charge in [-0.2, -0.15) is 5.10 Å². The number of nitrogen functional groups attached to an aromatic ring is 1. The zero-order valence-corrected chi connectivity index (χ0v) is 7.67. The summed E-state index contributed by atoms with van der Waals surface area (Å²) < 4.78 is 25.9. The normalized spacial score (nSPS) is 11.5. The molecular weight excluding hydrogens is 176 g/mol. The summed E-state index contributed by atoms with van der Waals surface area (Å²) in [5, 5.41) is 3.69. The second-order valence-corrected chi connectivity index (χ2v) is 3.39. The fourth-order valence-electron chi connectivity index (χ4n) is 1.09. The molecule has 0 aliphatic heterocycles. The molecule has 0 bridgehead atoms. The maximum Gasteiger partial charge on any atom is 0.284 e. The number of aromatic nitrogens is 2. The first-order valence-electron chi connectivity index (χ1n) is 4.11. The predicted octanol–water partition coefficient (Wildman–Crippen LogP) is 2.06. The van der Waals surface area contributed by atoms with Gasteiger partial charge in [-0.15, -0.1) is 0 Å². The summed E-state index contributed by atoms with van der Waals surface area (Å²) in [6, 6.07) is 0. The highest BCUT2D eigenvalue weighted by Gasteiger charge is 2.16. The van der Waals surface area contributed by atoms with E-state index in [0.717, 1.165) is 0 Å². The lowest BCUT2D eigenvalue weighted by Crippen LogP contribution is -2.05. The van der Waals surface area contributed by atoms with Crippen LogP contribution in [0.1, 0.15) is 26.0 Å². The van der Waals surface area contributed by atoms with Crippen molar-refractivity contribution in [1.82, 2.24) is 9.78 Å². The zero-order valence-electron chi connectivity index (χ0n) is 7.67. The molecule has 0 aliphatic rings. The maximum atomic E-state index is 12.2. The molecule has 0 saturated heterocycles. The Balaban J connectivity index is 2.82. The summed E-state index contributed by atoms with van der Waals surface area (Å²) in [5.41, 5.74) is 5.10. The molecule has 13 heavy (non-hydrogen) atoms. The monoisotopic (exact) mass is 189 g/mol. The molecule has 1 rings (SSSR count). The standard InChI is InChI=1S/C8H13F2N3/c1-5(2)3-13-4-6(11)7(12-13)8(9)10/h4-5,8H,3,11H2,1-2H3. The van der Waals surface area contributed by atoms with Gasteiger partial charge in [0, 0.05) is 12.7 Å². The van der Waals surface area contributed by atoms with E-state index >= 15 is 0 Å². The number of nitrogens with two attached hydrogens (primary N) is 1. The van der Waals surface area contributed by atoms with Gasteiger partial charge in [0.1, 0.15) is 0 Å². The van der Waals surface area contributed by atoms with E-state index < -0.39 is 6.43 Å². The Morgan fingerprint density at radius 1 is 1.54 bits per heavy atom. The van der Waals surface area contributed by atoms with Gasteiger partial charge in [-0.25, -0.2) is 8.78 Å². The van der Waals surface area contributed by atoms with Crippen LogP contribution in [0.3, 0.4) is 0 Å². The fraction of sp³-hybridized carbons (Fsp3) is 0.625. The summed E-state index contributed by atoms with van der Waals surface area (Å²) in [4.78, 5) is 0. The Morgan fingerprint density at radius 3 is 2.54 bits per heavy atom. The van der Waals surface area contributed by atoms with Crippen LogP contribution in [0.15, 0.2) is 6.20 Å². The molecular formula is C8H13F2N3. The van der Waals surface area contributed by atoms with Gasteiger partial charge in [0.2, 0.25) is 0 Å². The molecule has 3 nitrogen and oxygen atoms in total. The van der Waals surface area contributed by atoms with Crippen LogP contribution in [0.5, 0.6) is 0 Å². The first-order chi connectivity index (χ1) is 6.00. The van der Waals surface area contributed by atoms with Crippen LogP contribution < -0.4 is 5.73 Å². The van der Waals surface area contributed by atoms with Crippen molar-refractivity contribution in [3.8, 4) is 0 Å². The molecule has 0 aromatic carbocycles. The Labute approximate surface area is 75.5 Å². The molecule has 1 aromatic heterocycles. The summed E-state index contributed by atoms with van der Waals surface area (Å²) >= 11 is 0. The molecule has 0 atom stereocenters. The number of alkyl halides is 2. The third-order valence-corrected chi connectivity index (χ3v) is 1.58. The molecule has 0 unspecified atom stereocenters. The molecule has 0 saturated carbocycles. The van der Waals surface area contributed by atoms with Gasteiger partial charge < -0.3 is 5.73 Å². The number of halogens is 2. The molecule has 74 valence electrons. The van der Waals surface area contributed by atoms with E-state index in [2.05, 4.69) is 5.10 Å². The largest absolute Gasteiger partial charge is 0.396 e. The Hall–Kier alpha value is -1.13. The van der Waals surface area contributed by atoms with Crippen LogP contribution in [0, 0.1) is 5.92 Å². The van der Waals surface area contributed by atoms with Gasteiger partial charge >= 0.3 is 0 Å². The highest BCUT2D eigenvalue weighted by atomic mass is 19.3. The van der Waals surface area contributed by atoms with Gasteiger partial charge in [-0.1, -0.05) is 13.8 Å². The Kier molecular flexibility index (Phi) is 2.85. The van der Waals surface area contributed by atoms with Gasteiger partial charge in [0.25, 0.3) is 6.43 Å². The highest BCUT2D eigenvalue weighted by Crippen LogP contribution is 2.22. The van der Waals surface area contributed by atoms with E-state index in [-0.39, 0.29) is 11.4 Å². The zero-order chi connectivity index (χ0) is 10.0. The van der Waals surface area contributed by atoms with E-state index in [0.29, 0.717) is 12.5 Å². The van der Waals surface area contributed by atoms with E-state index in [1.54, 1.807) is 0 Å². The minimum absolute atomic E-state index is 0.0654. The van der Waals surface area contributed by atoms with Gasteiger partial charge in [0.05, 0.1) is 5.69 Å². The summed E-state index contributed by atoms with van der Waals surface area (Å²) in [6.07, 6.45) is -1.14. The summed E-state index contributed by atoms with van der Waals surface area (Å²) in [7, 11) is 0. The van der Waals surface area contributed by atoms with Crippen molar-refractivity contribution in [3.05, 3.63) is 11.9 Å². The first-order valence-corrected chi connectivity index (χ1v) is 4.11. The number of anilines is 1. The smallest absolute Gasteiger partial charge is 0.284 e. The molecule has 1 heterocycles. The maximum absolute atomic E-state index is 12.2. The molecule has 0 radical (unpaired) electrons. The van der Waals surface area contributed by atoms with Crippen LogP contribution in [0.2, 0.25) is 0 Å². The lowest BCUT2D eigenvalue weighted by atomic mass is 10.2. The van der Waals surface area contributed by atoms with Gasteiger partial charge in [0.15, 0.2) is 5.69 Å². The highest BCUT2D eigenvalue weighted by molar-refractivity contribution is 5.41. The van der Waals surface area contributed by atoms with Crippen LogP contribution in [-0.4, -0.2) is 9.78 Å². The van der Waals surface area contributed by atoms with Crippen molar-refractivity contribution in [2.75, 3.05) is 5.73 Å². The van der Waals surface area contributed by atoms with Crippen LogP contribution >= 0.6 is 0 Å². The lowest BCUT2D eigenvalue weighted by Gasteiger charge is -2.03. The van der Waals surface area contributed by atoms with Crippen LogP contribution in [-0.2, 0) is 6.54 Å². The van der Waals surface area contributed by atoms with Crippen molar-refractivity contribution in [2.24, 2.45) is 5.92 Å². The van der Waals surface area contributed by atoms with Crippen molar-refractivity contribution in [1.29, 1.82) is 0 Å². The van der Waals surface area contributed by atoms with Crippen molar-refractivity contribution >= 4 is 5.69 Å². The third kappa shape index (κ3) is 2.40. The van der Waals surface area contributed by atoms with Crippen LogP contribution in [0.25, 0.3) is 0 Å². The number of hydrogen-bond acceptors (Lipinski definition) is 2. The lowest BCUT2D eigenvalue weighted by molar-refractivity contribution is 0.145. The molecule has 2 N–H and O–H groups in total. The average Bonchev–Trinajstić information content (AvgIpc) is 2.29. The molecule has 0 fully saturated rings. The molecule has 1 aromatic rings. The van der Waals surface area contributed by atoms with E-state index in [1.165, 1.54) is 10.9 Å². The third-order valence-electron chi connectivity index (χ3n) is 1.58. The first kappa shape index (κ1) is 9.95. The van der Waals surface area contributed by atoms with Crippen LogP contribution in [0.4, 0.5) is 14.5 Å². The SMILES string of the molecule is CC(C)Cn1cc(N)c(C(F)F)n1. The van der Waals surface area contributed by atoms with Crippen molar-refractivity contribution in [2.45, 2.75) is 26.8 Å². The van der Waals surface area contributed by atoms with E-state index in [9.17, 15) is 8.78 Å². The second-order valence-electron chi connectivity index (χ2n) is 3.39. The summed E-state index contributed by atoms with van der Waals surface area (Å²) in [6.45, 7) is 4.58. The average molecular weight is 189 g/mol. The number of nitrogens with zero attached hydrogens (tertiary/aromatic N) is 2. The summed E-state index contributed by atoms with van der Waals surface area (Å²) in [5.74, 6) is 0.366. The molecule has 0 aliphatic carbocycles. The quantitative estimate of drug-likeness (QED) is 0.790. The Bertz CT molecular complexity index is 281. The van der Waals surface area contributed by atoms with Gasteiger partial charge in [-0.05, 0) is 5.92 Å².